The molecule has 4 aromatic rings. The maximum Gasteiger partial charge on any atom is 0.316 e. The number of pyridine rings is 2. The van der Waals surface area contributed by atoms with Crippen LogP contribution in [0.2, 0.25) is 0 Å². The summed E-state index contributed by atoms with van der Waals surface area (Å²) < 4.78 is 7.59. The third-order valence-corrected chi connectivity index (χ3v) is 4.03. The maximum absolute atomic E-state index is 5.80. The fourth-order valence-corrected chi connectivity index (χ4v) is 2.85. The second-order valence-corrected chi connectivity index (χ2v) is 5.94. The van der Waals surface area contributed by atoms with Crippen molar-refractivity contribution in [3.63, 3.8) is 0 Å². The van der Waals surface area contributed by atoms with Gasteiger partial charge in [-0.25, -0.2) is 24.9 Å². The van der Waals surface area contributed by atoms with Crippen LogP contribution in [0.15, 0.2) is 42.7 Å². The number of aromatic nitrogens is 6. The minimum absolute atomic E-state index is 0.343. The summed E-state index contributed by atoms with van der Waals surface area (Å²) in [5, 5.41) is 0. The molecule has 0 aliphatic carbocycles. The second-order valence-electron chi connectivity index (χ2n) is 5.94. The summed E-state index contributed by atoms with van der Waals surface area (Å²) in [6.45, 7) is 2.90. The Morgan fingerprint density at radius 2 is 1.74 bits per heavy atom. The van der Waals surface area contributed by atoms with Crippen molar-refractivity contribution >= 4 is 22.8 Å². The van der Waals surface area contributed by atoms with Crippen LogP contribution in [0.3, 0.4) is 0 Å². The van der Waals surface area contributed by atoms with Crippen molar-refractivity contribution in [3.8, 4) is 17.3 Å². The lowest BCUT2D eigenvalue weighted by molar-refractivity contribution is 0.276. The molecule has 0 radical (unpaired) electrons. The first kappa shape index (κ1) is 16.7. The molecule has 0 saturated heterocycles. The van der Waals surface area contributed by atoms with E-state index in [0.29, 0.717) is 30.8 Å². The molecule has 136 valence electrons. The lowest BCUT2D eigenvalue weighted by Gasteiger charge is -2.08. The van der Waals surface area contributed by atoms with Gasteiger partial charge in [0.1, 0.15) is 29.6 Å². The van der Waals surface area contributed by atoms with Gasteiger partial charge < -0.3 is 20.8 Å². The first-order valence-electron chi connectivity index (χ1n) is 8.37. The summed E-state index contributed by atoms with van der Waals surface area (Å²) in [6.07, 6.45) is 3.28. The fraction of sp³-hybridized carbons (Fsp3) is 0.167. The second kappa shape index (κ2) is 6.87. The predicted molar refractivity (Wildman–Crippen MR) is 102 cm³/mol. The van der Waals surface area contributed by atoms with Gasteiger partial charge in [-0.3, -0.25) is 0 Å². The Bertz CT molecular complexity index is 1070. The third kappa shape index (κ3) is 3.47. The van der Waals surface area contributed by atoms with E-state index in [1.54, 1.807) is 30.6 Å². The van der Waals surface area contributed by atoms with Crippen molar-refractivity contribution in [1.29, 1.82) is 0 Å². The molecule has 0 aromatic carbocycles. The lowest BCUT2D eigenvalue weighted by atomic mass is 10.1. The van der Waals surface area contributed by atoms with E-state index in [1.165, 1.54) is 0 Å². The van der Waals surface area contributed by atoms with Gasteiger partial charge in [-0.15, -0.1) is 0 Å². The Morgan fingerprint density at radius 3 is 2.48 bits per heavy atom. The van der Waals surface area contributed by atoms with Crippen molar-refractivity contribution in [3.05, 3.63) is 48.5 Å². The summed E-state index contributed by atoms with van der Waals surface area (Å²) >= 11 is 0. The van der Waals surface area contributed by atoms with E-state index < -0.39 is 0 Å². The number of ether oxygens (including phenoxy) is 1. The van der Waals surface area contributed by atoms with Gasteiger partial charge in [0.25, 0.3) is 0 Å². The fourth-order valence-electron chi connectivity index (χ4n) is 2.85. The highest BCUT2D eigenvalue weighted by Gasteiger charge is 2.12. The first-order chi connectivity index (χ1) is 13.1. The quantitative estimate of drug-likeness (QED) is 0.550. The van der Waals surface area contributed by atoms with E-state index in [1.807, 2.05) is 23.6 Å². The molecule has 0 unspecified atom stereocenters. The van der Waals surface area contributed by atoms with Crippen LogP contribution in [0, 0.1) is 6.92 Å². The standard InChI is InChI=1S/C18H18N8O/c1-11-23-14-4-3-13(12-9-15(19)25-16(20)10-12)24-17(14)26(11)7-8-27-18-21-5-2-6-22-18/h2-6,9-10H,7-8H2,1H3,(H4,19,20,25). The monoisotopic (exact) mass is 362 g/mol. The molecule has 0 spiro atoms. The third-order valence-electron chi connectivity index (χ3n) is 4.03. The summed E-state index contributed by atoms with van der Waals surface area (Å²) in [7, 11) is 0. The van der Waals surface area contributed by atoms with Crippen LogP contribution in [0.25, 0.3) is 22.4 Å². The van der Waals surface area contributed by atoms with Crippen LogP contribution in [-0.4, -0.2) is 36.1 Å². The molecule has 0 saturated carbocycles. The Hall–Kier alpha value is -3.75. The van der Waals surface area contributed by atoms with Gasteiger partial charge in [0.2, 0.25) is 0 Å². The number of aryl methyl sites for hydroxylation is 1. The molecule has 0 amide bonds. The van der Waals surface area contributed by atoms with Crippen molar-refractivity contribution in [2.45, 2.75) is 13.5 Å². The van der Waals surface area contributed by atoms with Crippen LogP contribution in [0.1, 0.15) is 5.82 Å². The first-order valence-corrected chi connectivity index (χ1v) is 8.37. The van der Waals surface area contributed by atoms with Gasteiger partial charge in [0, 0.05) is 18.0 Å². The molecule has 0 aliphatic heterocycles. The number of nitrogens with zero attached hydrogens (tertiary/aromatic N) is 6. The van der Waals surface area contributed by atoms with Gasteiger partial charge in [0.15, 0.2) is 5.65 Å². The van der Waals surface area contributed by atoms with Crippen molar-refractivity contribution < 1.29 is 4.74 Å². The lowest BCUT2D eigenvalue weighted by Crippen LogP contribution is -2.11. The van der Waals surface area contributed by atoms with Gasteiger partial charge in [-0.2, -0.15) is 0 Å². The van der Waals surface area contributed by atoms with E-state index in [0.717, 1.165) is 28.2 Å². The highest BCUT2D eigenvalue weighted by molar-refractivity contribution is 5.77. The summed E-state index contributed by atoms with van der Waals surface area (Å²) in [6, 6.07) is 9.39. The molecule has 4 N–H and O–H groups in total. The molecular weight excluding hydrogens is 344 g/mol. The highest BCUT2D eigenvalue weighted by Crippen LogP contribution is 2.24. The molecule has 4 heterocycles. The number of imidazole rings is 1. The number of rotatable bonds is 5. The predicted octanol–water partition coefficient (Wildman–Crippen LogP) is 1.84. The maximum atomic E-state index is 5.80. The molecule has 9 heteroatoms. The van der Waals surface area contributed by atoms with Crippen LogP contribution in [-0.2, 0) is 6.54 Å². The van der Waals surface area contributed by atoms with E-state index in [4.69, 9.17) is 21.2 Å². The number of hydrogen-bond donors (Lipinski definition) is 2. The molecule has 4 aromatic heterocycles. The Kier molecular flexibility index (Phi) is 4.25. The normalized spacial score (nSPS) is 11.0. The summed E-state index contributed by atoms with van der Waals surface area (Å²) in [5.41, 5.74) is 14.7. The van der Waals surface area contributed by atoms with Crippen LogP contribution in [0.5, 0.6) is 6.01 Å². The molecule has 0 atom stereocenters. The Labute approximate surface area is 155 Å². The average molecular weight is 362 g/mol. The van der Waals surface area contributed by atoms with Gasteiger partial charge in [-0.1, -0.05) is 0 Å². The number of fused-ring (bicyclic) bond motifs is 1. The van der Waals surface area contributed by atoms with Gasteiger partial charge in [-0.05, 0) is 37.3 Å². The minimum Gasteiger partial charge on any atom is -0.462 e. The van der Waals surface area contributed by atoms with E-state index >= 15 is 0 Å². The zero-order chi connectivity index (χ0) is 18.8. The highest BCUT2D eigenvalue weighted by atomic mass is 16.5. The van der Waals surface area contributed by atoms with Crippen LogP contribution in [0.4, 0.5) is 11.6 Å². The smallest absolute Gasteiger partial charge is 0.316 e. The number of hydrogen-bond acceptors (Lipinski definition) is 8. The van der Waals surface area contributed by atoms with E-state index in [-0.39, 0.29) is 0 Å². The van der Waals surface area contributed by atoms with Crippen molar-refractivity contribution in [2.75, 3.05) is 18.1 Å². The Morgan fingerprint density at radius 1 is 1.00 bits per heavy atom. The van der Waals surface area contributed by atoms with Crippen LogP contribution < -0.4 is 16.2 Å². The molecule has 9 nitrogen and oxygen atoms in total. The average Bonchev–Trinajstić information content (AvgIpc) is 2.96. The minimum atomic E-state index is 0.343. The van der Waals surface area contributed by atoms with Crippen LogP contribution >= 0.6 is 0 Å². The number of nitrogen functional groups attached to an aromatic ring is 2. The molecular formula is C18H18N8O. The Balaban J connectivity index is 1.63. The number of anilines is 2. The molecule has 0 fully saturated rings. The van der Waals surface area contributed by atoms with Crippen molar-refractivity contribution in [2.24, 2.45) is 0 Å². The zero-order valence-electron chi connectivity index (χ0n) is 14.7. The molecule has 27 heavy (non-hydrogen) atoms. The van der Waals surface area contributed by atoms with Crippen molar-refractivity contribution in [1.82, 2.24) is 29.5 Å². The molecule has 4 rings (SSSR count). The SMILES string of the molecule is Cc1nc2ccc(-c3cc(N)nc(N)c3)nc2n1CCOc1ncccn1. The van der Waals surface area contributed by atoms with E-state index in [2.05, 4.69) is 19.9 Å². The largest absolute Gasteiger partial charge is 0.462 e. The summed E-state index contributed by atoms with van der Waals surface area (Å²) in [4.78, 5) is 21.4. The topological polar surface area (TPSA) is 131 Å². The van der Waals surface area contributed by atoms with E-state index in [9.17, 15) is 0 Å². The summed E-state index contributed by atoms with van der Waals surface area (Å²) in [5.74, 6) is 1.56. The molecule has 0 bridgehead atoms. The number of nitrogens with two attached hydrogens (primary N) is 2. The van der Waals surface area contributed by atoms with Gasteiger partial charge in [0.05, 0.1) is 12.2 Å². The zero-order valence-corrected chi connectivity index (χ0v) is 14.7. The van der Waals surface area contributed by atoms with Gasteiger partial charge >= 0.3 is 6.01 Å². The molecule has 0 aliphatic rings.